The first kappa shape index (κ1) is 18.6. The molecular formula is C21H26O2S. The third-order valence-electron chi connectivity index (χ3n) is 4.22. The number of ether oxygens (including phenoxy) is 1. The van der Waals surface area contributed by atoms with Gasteiger partial charge in [0.1, 0.15) is 18.1 Å². The van der Waals surface area contributed by atoms with Crippen molar-refractivity contribution in [3.05, 3.63) is 58.7 Å². The second-order valence-corrected chi connectivity index (χ2v) is 6.89. The second kappa shape index (κ2) is 8.93. The van der Waals surface area contributed by atoms with Gasteiger partial charge in [-0.2, -0.15) is 0 Å². The molecular weight excluding hydrogens is 316 g/mol. The first-order chi connectivity index (χ1) is 11.5. The molecule has 0 spiro atoms. The van der Waals surface area contributed by atoms with Crippen molar-refractivity contribution in [1.82, 2.24) is 0 Å². The number of ketones is 1. The number of carbonyl (C=O) groups is 1. The third-order valence-corrected chi connectivity index (χ3v) is 5.04. The summed E-state index contributed by atoms with van der Waals surface area (Å²) < 4.78 is 6.11. The van der Waals surface area contributed by atoms with Crippen LogP contribution >= 0.6 is 11.8 Å². The maximum absolute atomic E-state index is 11.3. The Morgan fingerprint density at radius 3 is 2.62 bits per heavy atom. The molecule has 0 saturated heterocycles. The minimum Gasteiger partial charge on any atom is -0.489 e. The van der Waals surface area contributed by atoms with E-state index in [1.54, 1.807) is 18.7 Å². The van der Waals surface area contributed by atoms with E-state index in [1.165, 1.54) is 27.1 Å². The Balaban J connectivity index is 2.20. The molecule has 2 aromatic carbocycles. The van der Waals surface area contributed by atoms with Crippen molar-refractivity contribution in [2.24, 2.45) is 0 Å². The number of benzene rings is 2. The van der Waals surface area contributed by atoms with E-state index < -0.39 is 0 Å². The van der Waals surface area contributed by atoms with Gasteiger partial charge in [0.25, 0.3) is 0 Å². The van der Waals surface area contributed by atoms with Gasteiger partial charge in [-0.15, -0.1) is 11.8 Å². The van der Waals surface area contributed by atoms with Crippen LogP contribution in [0.25, 0.3) is 0 Å². The van der Waals surface area contributed by atoms with Crippen LogP contribution < -0.4 is 4.74 Å². The molecule has 0 saturated carbocycles. The van der Waals surface area contributed by atoms with Gasteiger partial charge in [0.05, 0.1) is 0 Å². The molecule has 3 heteroatoms. The second-order valence-electron chi connectivity index (χ2n) is 6.04. The van der Waals surface area contributed by atoms with Crippen LogP contribution in [0.1, 0.15) is 42.5 Å². The third kappa shape index (κ3) is 4.88. The number of rotatable bonds is 8. The van der Waals surface area contributed by atoms with E-state index in [0.29, 0.717) is 13.0 Å². The number of hydrogen-bond acceptors (Lipinski definition) is 3. The summed E-state index contributed by atoms with van der Waals surface area (Å²) in [6.07, 6.45) is 4.46. The zero-order chi connectivity index (χ0) is 17.5. The van der Waals surface area contributed by atoms with Gasteiger partial charge in [-0.1, -0.05) is 31.2 Å². The lowest BCUT2D eigenvalue weighted by Crippen LogP contribution is -2.05. The summed E-state index contributed by atoms with van der Waals surface area (Å²) >= 11 is 1.72. The van der Waals surface area contributed by atoms with Crippen molar-refractivity contribution in [1.29, 1.82) is 0 Å². The SMILES string of the molecule is CCc1ccc(OCc2c(CCC(C)=O)cccc2SC)c(C)c1. The first-order valence-electron chi connectivity index (χ1n) is 8.41. The molecule has 0 atom stereocenters. The van der Waals surface area contributed by atoms with Crippen molar-refractivity contribution in [2.75, 3.05) is 6.26 Å². The highest BCUT2D eigenvalue weighted by molar-refractivity contribution is 7.98. The number of hydrogen-bond donors (Lipinski definition) is 0. The molecule has 128 valence electrons. The van der Waals surface area contributed by atoms with E-state index >= 15 is 0 Å². The molecule has 0 fully saturated rings. The maximum atomic E-state index is 11.3. The number of thioether (sulfide) groups is 1. The quantitative estimate of drug-likeness (QED) is 0.602. The van der Waals surface area contributed by atoms with Gasteiger partial charge in [-0.3, -0.25) is 0 Å². The first-order valence-corrected chi connectivity index (χ1v) is 9.64. The molecule has 0 N–H and O–H groups in total. The Morgan fingerprint density at radius 2 is 2.00 bits per heavy atom. The molecule has 2 aromatic rings. The summed E-state index contributed by atoms with van der Waals surface area (Å²) in [5.41, 5.74) is 4.90. The summed E-state index contributed by atoms with van der Waals surface area (Å²) in [4.78, 5) is 12.6. The van der Waals surface area contributed by atoms with Gasteiger partial charge < -0.3 is 9.53 Å². The van der Waals surface area contributed by atoms with Gasteiger partial charge in [0, 0.05) is 16.9 Å². The minimum absolute atomic E-state index is 0.224. The highest BCUT2D eigenvalue weighted by Gasteiger charge is 2.11. The average molecular weight is 343 g/mol. The van der Waals surface area contributed by atoms with E-state index in [-0.39, 0.29) is 5.78 Å². The average Bonchev–Trinajstić information content (AvgIpc) is 2.58. The standard InChI is InChI=1S/C21H26O2S/c1-5-17-10-12-20(15(2)13-17)23-14-19-18(11-9-16(3)22)7-6-8-21(19)24-4/h6-8,10,12-13H,5,9,11,14H2,1-4H3. The van der Waals surface area contributed by atoms with Crippen molar-refractivity contribution in [3.8, 4) is 5.75 Å². The van der Waals surface area contributed by atoms with Crippen molar-refractivity contribution in [2.45, 2.75) is 51.5 Å². The molecule has 0 aliphatic carbocycles. The molecule has 2 rings (SSSR count). The summed E-state index contributed by atoms with van der Waals surface area (Å²) in [5, 5.41) is 0. The molecule has 2 nitrogen and oxygen atoms in total. The Kier molecular flexibility index (Phi) is 6.92. The lowest BCUT2D eigenvalue weighted by Gasteiger charge is -2.16. The maximum Gasteiger partial charge on any atom is 0.130 e. The predicted molar refractivity (Wildman–Crippen MR) is 102 cm³/mol. The zero-order valence-electron chi connectivity index (χ0n) is 15.0. The van der Waals surface area contributed by atoms with Gasteiger partial charge in [-0.05, 0) is 61.8 Å². The van der Waals surface area contributed by atoms with Crippen LogP contribution in [-0.2, 0) is 24.2 Å². The van der Waals surface area contributed by atoms with E-state index in [0.717, 1.165) is 18.6 Å². The zero-order valence-corrected chi connectivity index (χ0v) is 15.8. The topological polar surface area (TPSA) is 26.3 Å². The number of aryl methyl sites for hydroxylation is 3. The van der Waals surface area contributed by atoms with Gasteiger partial charge in [-0.25, -0.2) is 0 Å². The Hall–Kier alpha value is -1.74. The summed E-state index contributed by atoms with van der Waals surface area (Å²) in [5.74, 6) is 1.16. The van der Waals surface area contributed by atoms with Gasteiger partial charge in [0.15, 0.2) is 0 Å². The van der Waals surface area contributed by atoms with Crippen LogP contribution in [0.5, 0.6) is 5.75 Å². The van der Waals surface area contributed by atoms with E-state index in [2.05, 4.69) is 56.5 Å². The molecule has 0 aromatic heterocycles. The number of carbonyl (C=O) groups excluding carboxylic acids is 1. The van der Waals surface area contributed by atoms with Crippen LogP contribution in [0, 0.1) is 6.92 Å². The van der Waals surface area contributed by atoms with Crippen molar-refractivity contribution >= 4 is 17.5 Å². The normalized spacial score (nSPS) is 10.7. The van der Waals surface area contributed by atoms with E-state index in [4.69, 9.17) is 4.74 Å². The Labute approximate surface area is 149 Å². The predicted octanol–water partition coefficient (Wildman–Crippen LogP) is 5.38. The molecule has 0 aliphatic heterocycles. The Morgan fingerprint density at radius 1 is 1.21 bits per heavy atom. The smallest absolute Gasteiger partial charge is 0.130 e. The lowest BCUT2D eigenvalue weighted by atomic mass is 10.0. The van der Waals surface area contributed by atoms with Crippen LogP contribution in [0.15, 0.2) is 41.3 Å². The summed E-state index contributed by atoms with van der Waals surface area (Å²) in [6.45, 7) is 6.43. The fraction of sp³-hybridized carbons (Fsp3) is 0.381. The highest BCUT2D eigenvalue weighted by atomic mass is 32.2. The number of Topliss-reactive ketones (excluding diaryl/α,β-unsaturated/α-hetero) is 1. The van der Waals surface area contributed by atoms with Gasteiger partial charge in [0.2, 0.25) is 0 Å². The lowest BCUT2D eigenvalue weighted by molar-refractivity contribution is -0.116. The van der Waals surface area contributed by atoms with Crippen molar-refractivity contribution in [3.63, 3.8) is 0 Å². The highest BCUT2D eigenvalue weighted by Crippen LogP contribution is 2.27. The van der Waals surface area contributed by atoms with Crippen LogP contribution in [0.3, 0.4) is 0 Å². The molecule has 0 aliphatic rings. The minimum atomic E-state index is 0.224. The van der Waals surface area contributed by atoms with Crippen LogP contribution in [0.4, 0.5) is 0 Å². The molecule has 0 bridgehead atoms. The van der Waals surface area contributed by atoms with E-state index in [1.807, 2.05) is 0 Å². The molecule has 24 heavy (non-hydrogen) atoms. The molecule has 0 unspecified atom stereocenters. The molecule has 0 amide bonds. The summed E-state index contributed by atoms with van der Waals surface area (Å²) in [7, 11) is 0. The van der Waals surface area contributed by atoms with Crippen LogP contribution in [-0.4, -0.2) is 12.0 Å². The monoisotopic (exact) mass is 342 g/mol. The Bertz CT molecular complexity index is 707. The fourth-order valence-electron chi connectivity index (χ4n) is 2.75. The van der Waals surface area contributed by atoms with Crippen molar-refractivity contribution < 1.29 is 9.53 Å². The van der Waals surface area contributed by atoms with Gasteiger partial charge >= 0.3 is 0 Å². The summed E-state index contributed by atoms with van der Waals surface area (Å²) in [6, 6.07) is 12.7. The fourth-order valence-corrected chi connectivity index (χ4v) is 3.41. The van der Waals surface area contributed by atoms with E-state index in [9.17, 15) is 4.79 Å². The molecule has 0 radical (unpaired) electrons. The van der Waals surface area contributed by atoms with Crippen LogP contribution in [0.2, 0.25) is 0 Å². The molecule has 0 heterocycles. The largest absolute Gasteiger partial charge is 0.489 e.